The number of nitrogens with zero attached hydrogens (tertiary/aromatic N) is 1. The van der Waals surface area contributed by atoms with Crippen LogP contribution in [0, 0.1) is 17.8 Å². The van der Waals surface area contributed by atoms with Gasteiger partial charge in [-0.15, -0.1) is 11.6 Å². The lowest BCUT2D eigenvalue weighted by atomic mass is 9.70. The third-order valence-corrected chi connectivity index (χ3v) is 5.76. The number of esters is 1. The lowest BCUT2D eigenvalue weighted by Crippen LogP contribution is -2.31. The van der Waals surface area contributed by atoms with Crippen LogP contribution in [0.25, 0.3) is 0 Å². The van der Waals surface area contributed by atoms with Crippen LogP contribution in [-0.2, 0) is 9.53 Å². The van der Waals surface area contributed by atoms with E-state index in [0.29, 0.717) is 36.7 Å². The summed E-state index contributed by atoms with van der Waals surface area (Å²) in [6.45, 7) is 14.9. The molecule has 0 aliphatic heterocycles. The summed E-state index contributed by atoms with van der Waals surface area (Å²) < 4.78 is 5.28. The molecule has 0 saturated heterocycles. The Balaban J connectivity index is 2.34. The van der Waals surface area contributed by atoms with E-state index in [2.05, 4.69) is 39.0 Å². The first-order valence-electron chi connectivity index (χ1n) is 9.64. The summed E-state index contributed by atoms with van der Waals surface area (Å²) in [6, 6.07) is 0. The second-order valence-corrected chi connectivity index (χ2v) is 7.87. The second-order valence-electron chi connectivity index (χ2n) is 7.61. The van der Waals surface area contributed by atoms with Gasteiger partial charge in [-0.05, 0) is 50.5 Å². The smallest absolute Gasteiger partial charge is 0.305 e. The number of rotatable bonds is 11. The van der Waals surface area contributed by atoms with Crippen LogP contribution in [0.15, 0.2) is 24.3 Å². The number of hydrogen-bond donors (Lipinski definition) is 0. The van der Waals surface area contributed by atoms with E-state index in [-0.39, 0.29) is 5.97 Å². The summed E-state index contributed by atoms with van der Waals surface area (Å²) in [4.78, 5) is 13.7. The Morgan fingerprint density at radius 2 is 2.00 bits per heavy atom. The highest BCUT2D eigenvalue weighted by Gasteiger charge is 2.30. The number of carbonyl (C=O) groups excluding carboxylic acids is 1. The van der Waals surface area contributed by atoms with E-state index in [9.17, 15) is 4.79 Å². The first kappa shape index (κ1) is 22.2. The number of unbranched alkanes of at least 4 members (excludes halogenated alkanes) is 1. The molecule has 0 radical (unpaired) electrons. The molecule has 1 rings (SSSR count). The molecule has 3 nitrogen and oxygen atoms in total. The Bertz CT molecular complexity index is 449. The predicted molar refractivity (Wildman–Crippen MR) is 107 cm³/mol. The van der Waals surface area contributed by atoms with Gasteiger partial charge in [0.15, 0.2) is 0 Å². The van der Waals surface area contributed by atoms with Crippen LogP contribution in [0.2, 0.25) is 0 Å². The first-order valence-corrected chi connectivity index (χ1v) is 10.2. The van der Waals surface area contributed by atoms with Crippen LogP contribution in [0.4, 0.5) is 0 Å². The molecule has 0 bridgehead atoms. The minimum absolute atomic E-state index is 0.0854. The maximum absolute atomic E-state index is 11.5. The van der Waals surface area contributed by atoms with Gasteiger partial charge >= 0.3 is 5.97 Å². The van der Waals surface area contributed by atoms with Crippen molar-refractivity contribution >= 4 is 17.6 Å². The molecule has 0 spiro atoms. The molecule has 0 aromatic heterocycles. The number of alkyl halides is 1. The van der Waals surface area contributed by atoms with E-state index in [1.807, 2.05) is 0 Å². The van der Waals surface area contributed by atoms with Crippen LogP contribution in [-0.4, -0.2) is 43.5 Å². The van der Waals surface area contributed by atoms with Crippen LogP contribution < -0.4 is 0 Å². The Morgan fingerprint density at radius 1 is 1.28 bits per heavy atom. The molecular formula is C21H36ClNO2. The molecule has 25 heavy (non-hydrogen) atoms. The minimum Gasteiger partial charge on any atom is -0.464 e. The maximum Gasteiger partial charge on any atom is 0.305 e. The molecule has 3 atom stereocenters. The summed E-state index contributed by atoms with van der Waals surface area (Å²) in [7, 11) is 2.06. The van der Waals surface area contributed by atoms with Gasteiger partial charge in [0.2, 0.25) is 0 Å². The van der Waals surface area contributed by atoms with Crippen molar-refractivity contribution in [3.63, 3.8) is 0 Å². The van der Waals surface area contributed by atoms with Crippen LogP contribution in [0.1, 0.15) is 52.4 Å². The molecule has 1 aliphatic rings. The standard InChI is InChI=1S/C21H36ClNO2/c1-6-7-8-21(24)25-12-11-23(5)15-18(4)19-10-9-16(2)20(13-19)17(3)14-22/h16,19-20H,3-4,6-15H2,1-2,5H3. The van der Waals surface area contributed by atoms with Crippen molar-refractivity contribution in [2.24, 2.45) is 17.8 Å². The van der Waals surface area contributed by atoms with E-state index < -0.39 is 0 Å². The van der Waals surface area contributed by atoms with Crippen LogP contribution in [0.5, 0.6) is 0 Å². The topological polar surface area (TPSA) is 29.5 Å². The molecule has 1 aliphatic carbocycles. The highest BCUT2D eigenvalue weighted by atomic mass is 35.5. The van der Waals surface area contributed by atoms with Crippen molar-refractivity contribution in [2.75, 3.05) is 32.6 Å². The number of halogens is 1. The van der Waals surface area contributed by atoms with E-state index in [1.54, 1.807) is 0 Å². The SMILES string of the molecule is C=C(CN(C)CCOC(=O)CCCC)C1CCC(C)C(C(=C)CCl)C1. The zero-order valence-electron chi connectivity index (χ0n) is 16.4. The van der Waals surface area contributed by atoms with Crippen LogP contribution >= 0.6 is 11.6 Å². The molecule has 1 saturated carbocycles. The van der Waals surface area contributed by atoms with E-state index in [1.165, 1.54) is 24.0 Å². The van der Waals surface area contributed by atoms with Gasteiger partial charge in [-0.2, -0.15) is 0 Å². The molecule has 3 unspecified atom stereocenters. The number of carbonyl (C=O) groups is 1. The second kappa shape index (κ2) is 11.7. The van der Waals surface area contributed by atoms with Gasteiger partial charge < -0.3 is 4.74 Å². The van der Waals surface area contributed by atoms with Gasteiger partial charge in [0, 0.05) is 25.4 Å². The molecular weight excluding hydrogens is 334 g/mol. The third kappa shape index (κ3) is 7.96. The lowest BCUT2D eigenvalue weighted by Gasteiger charge is -2.37. The molecule has 0 N–H and O–H groups in total. The van der Waals surface area contributed by atoms with Crippen molar-refractivity contribution in [1.29, 1.82) is 0 Å². The van der Waals surface area contributed by atoms with Crippen LogP contribution in [0.3, 0.4) is 0 Å². The van der Waals surface area contributed by atoms with E-state index >= 15 is 0 Å². The Labute approximate surface area is 159 Å². The van der Waals surface area contributed by atoms with Crippen molar-refractivity contribution in [3.8, 4) is 0 Å². The predicted octanol–water partition coefficient (Wildman–Crippen LogP) is 5.06. The van der Waals surface area contributed by atoms with Crippen molar-refractivity contribution in [1.82, 2.24) is 4.90 Å². The zero-order valence-corrected chi connectivity index (χ0v) is 17.1. The normalized spacial score (nSPS) is 23.5. The quantitative estimate of drug-likeness (QED) is 0.290. The maximum atomic E-state index is 11.5. The minimum atomic E-state index is -0.0854. The highest BCUT2D eigenvalue weighted by molar-refractivity contribution is 6.19. The number of likely N-dealkylation sites (N-methyl/N-ethyl adjacent to an activating group) is 1. The van der Waals surface area contributed by atoms with Gasteiger partial charge in [0.25, 0.3) is 0 Å². The summed E-state index contributed by atoms with van der Waals surface area (Å²) in [5.41, 5.74) is 2.44. The van der Waals surface area contributed by atoms with Gasteiger partial charge in [0.05, 0.1) is 0 Å². The van der Waals surface area contributed by atoms with Crippen molar-refractivity contribution in [2.45, 2.75) is 52.4 Å². The molecule has 0 heterocycles. The molecule has 0 aromatic rings. The fourth-order valence-corrected chi connectivity index (χ4v) is 3.82. The summed E-state index contributed by atoms with van der Waals surface area (Å²) >= 11 is 6.01. The van der Waals surface area contributed by atoms with Gasteiger partial charge in [-0.1, -0.05) is 44.6 Å². The van der Waals surface area contributed by atoms with E-state index in [0.717, 1.165) is 32.4 Å². The molecule has 1 fully saturated rings. The summed E-state index contributed by atoms with van der Waals surface area (Å²) in [5.74, 6) is 2.18. The van der Waals surface area contributed by atoms with Gasteiger partial charge in [-0.3, -0.25) is 9.69 Å². The Morgan fingerprint density at radius 3 is 2.64 bits per heavy atom. The summed E-state index contributed by atoms with van der Waals surface area (Å²) in [5, 5.41) is 0. The average Bonchev–Trinajstić information content (AvgIpc) is 2.59. The Kier molecular flexibility index (Phi) is 10.4. The number of allylic oxidation sites excluding steroid dienone is 1. The Hall–Kier alpha value is -0.800. The van der Waals surface area contributed by atoms with E-state index in [4.69, 9.17) is 16.3 Å². The zero-order chi connectivity index (χ0) is 18.8. The average molecular weight is 370 g/mol. The van der Waals surface area contributed by atoms with Gasteiger partial charge in [-0.25, -0.2) is 0 Å². The summed E-state index contributed by atoms with van der Waals surface area (Å²) in [6.07, 6.45) is 5.98. The highest BCUT2D eigenvalue weighted by Crippen LogP contribution is 2.40. The molecule has 0 amide bonds. The third-order valence-electron chi connectivity index (χ3n) is 5.41. The molecule has 4 heteroatoms. The largest absolute Gasteiger partial charge is 0.464 e. The fourth-order valence-electron chi connectivity index (χ4n) is 3.62. The first-order chi connectivity index (χ1) is 11.9. The van der Waals surface area contributed by atoms with Gasteiger partial charge in [0.1, 0.15) is 6.61 Å². The fraction of sp³-hybridized carbons (Fsp3) is 0.762. The lowest BCUT2D eigenvalue weighted by molar-refractivity contribution is -0.144. The number of hydrogen-bond acceptors (Lipinski definition) is 3. The number of ether oxygens (including phenoxy) is 1. The van der Waals surface area contributed by atoms with Crippen molar-refractivity contribution in [3.05, 3.63) is 24.3 Å². The molecule has 144 valence electrons. The monoisotopic (exact) mass is 369 g/mol. The molecule has 0 aromatic carbocycles. The van der Waals surface area contributed by atoms with Crippen molar-refractivity contribution < 1.29 is 9.53 Å².